The molecule has 4 unspecified atom stereocenters. The SMILES string of the molecule is COCOc1c(OC)c(C)cc2c1[C@@H]1C3CC4=C(C(=O)C(=O)C(C)=C4O)C(CNC(C)=O)N3[C@@H](C#N)[C@H](C2)N1C.COCOc1c(OC)c(C)cc2c1[C@@H]1C3Cc4c(O)c(C)c5c(c4C(CNC(C)=O)N3[C@@H](C#N)[C@H](C2)N1C)OCO5. The first-order valence-corrected chi connectivity index (χ1v) is 27.1. The summed E-state index contributed by atoms with van der Waals surface area (Å²) in [6.07, 6.45) is 1.84. The summed E-state index contributed by atoms with van der Waals surface area (Å²) < 4.78 is 46.2. The normalized spacial score (nSPS) is 26.9. The van der Waals surface area contributed by atoms with Gasteiger partial charge in [-0.15, -0.1) is 0 Å². The van der Waals surface area contributed by atoms with Gasteiger partial charge >= 0.3 is 0 Å². The first-order chi connectivity index (χ1) is 38.8. The van der Waals surface area contributed by atoms with Crippen LogP contribution in [0.2, 0.25) is 0 Å². The zero-order valence-corrected chi connectivity index (χ0v) is 47.8. The summed E-state index contributed by atoms with van der Waals surface area (Å²) in [7, 11) is 10.4. The second-order valence-corrected chi connectivity index (χ2v) is 22.1. The van der Waals surface area contributed by atoms with E-state index in [-0.39, 0.29) is 105 Å². The summed E-state index contributed by atoms with van der Waals surface area (Å²) in [5.74, 6) is 1.48. The largest absolute Gasteiger partial charge is 0.507 e. The fraction of sp³-hybridized carbons (Fsp3) is 0.525. The fourth-order valence-corrected chi connectivity index (χ4v) is 14.6. The van der Waals surface area contributed by atoms with Crippen molar-refractivity contribution in [2.45, 2.75) is 128 Å². The Bertz CT molecular complexity index is 3290. The molecule has 2 fully saturated rings. The van der Waals surface area contributed by atoms with Crippen LogP contribution in [0, 0.1) is 43.4 Å². The number of nitrogens with one attached hydrogen (secondary N) is 2. The molecule has 3 aromatic rings. The molecular formula is C59H70N8O14. The number of ether oxygens (including phenoxy) is 8. The van der Waals surface area contributed by atoms with Crippen LogP contribution in [0.1, 0.15) is 95.4 Å². The van der Waals surface area contributed by atoms with Gasteiger partial charge in [0.1, 0.15) is 23.6 Å². The van der Waals surface area contributed by atoms with E-state index in [0.717, 1.165) is 44.5 Å². The Morgan fingerprint density at radius 1 is 0.667 bits per heavy atom. The van der Waals surface area contributed by atoms with Crippen molar-refractivity contribution in [2.24, 2.45) is 0 Å². The number of rotatable bonds is 12. The fourth-order valence-electron chi connectivity index (χ4n) is 14.6. The third kappa shape index (κ3) is 8.98. The second kappa shape index (κ2) is 22.1. The first kappa shape index (κ1) is 56.8. The summed E-state index contributed by atoms with van der Waals surface area (Å²) in [5, 5.41) is 49.6. The maximum Gasteiger partial charge on any atom is 0.232 e. The van der Waals surface area contributed by atoms with Gasteiger partial charge in [0.2, 0.25) is 30.2 Å². The topological polar surface area (TPSA) is 267 Å². The number of aliphatic hydroxyl groups is 1. The van der Waals surface area contributed by atoms with E-state index in [9.17, 15) is 39.9 Å². The van der Waals surface area contributed by atoms with Gasteiger partial charge in [0.05, 0.1) is 50.5 Å². The number of allylic oxidation sites excluding steroid dienone is 2. The van der Waals surface area contributed by atoms with Gasteiger partial charge in [-0.2, -0.15) is 10.5 Å². The van der Waals surface area contributed by atoms with E-state index in [1.807, 2.05) is 32.7 Å². The van der Waals surface area contributed by atoms with E-state index in [1.165, 1.54) is 27.9 Å². The van der Waals surface area contributed by atoms with Gasteiger partial charge in [-0.25, -0.2) is 0 Å². The number of aromatic hydroxyl groups is 1. The van der Waals surface area contributed by atoms with Crippen LogP contribution in [0.4, 0.5) is 0 Å². The molecule has 3 aromatic carbocycles. The molecule has 22 heteroatoms. The van der Waals surface area contributed by atoms with E-state index >= 15 is 0 Å². The molecular weight excluding hydrogens is 1040 g/mol. The van der Waals surface area contributed by atoms with Crippen LogP contribution in [-0.2, 0) is 47.9 Å². The lowest BCUT2D eigenvalue weighted by Crippen LogP contribution is -2.71. The van der Waals surface area contributed by atoms with Crippen LogP contribution in [0.3, 0.4) is 0 Å². The van der Waals surface area contributed by atoms with Crippen LogP contribution in [0.15, 0.2) is 34.6 Å². The van der Waals surface area contributed by atoms with Crippen molar-refractivity contribution in [2.75, 3.05) is 76.0 Å². The van der Waals surface area contributed by atoms with Gasteiger partial charge in [0, 0.05) is 110 Å². The summed E-state index contributed by atoms with van der Waals surface area (Å²) in [6, 6.07) is 5.36. The number of nitriles is 2. The van der Waals surface area contributed by atoms with Crippen LogP contribution in [0.25, 0.3) is 0 Å². The van der Waals surface area contributed by atoms with E-state index in [4.69, 9.17) is 37.9 Å². The lowest BCUT2D eigenvalue weighted by atomic mass is 9.70. The highest BCUT2D eigenvalue weighted by atomic mass is 16.7. The Labute approximate surface area is 470 Å². The molecule has 0 spiro atoms. The number of piperazine rings is 2. The Kier molecular flexibility index (Phi) is 15.5. The molecule has 0 saturated carbocycles. The number of hydrogen-bond acceptors (Lipinski definition) is 20. The average Bonchev–Trinajstić information content (AvgIpc) is 4.05. The molecule has 2 saturated heterocycles. The number of methoxy groups -OCH3 is 4. The molecule has 0 radical (unpaired) electrons. The third-order valence-electron chi connectivity index (χ3n) is 17.9. The number of aliphatic hydroxyl groups excluding tert-OH is 1. The van der Waals surface area contributed by atoms with E-state index in [0.29, 0.717) is 64.9 Å². The summed E-state index contributed by atoms with van der Waals surface area (Å²) >= 11 is 0. The lowest BCUT2D eigenvalue weighted by molar-refractivity contribution is -0.134. The highest BCUT2D eigenvalue weighted by Gasteiger charge is 2.59. The number of ketones is 2. The molecule has 10 atom stereocenters. The quantitative estimate of drug-likeness (QED) is 0.112. The number of aryl methyl sites for hydroxylation is 2. The number of amides is 2. The first-order valence-electron chi connectivity index (χ1n) is 27.1. The molecule has 0 aromatic heterocycles. The minimum Gasteiger partial charge on any atom is -0.507 e. The van der Waals surface area contributed by atoms with Crippen molar-refractivity contribution in [3.05, 3.63) is 84.7 Å². The molecule has 430 valence electrons. The Balaban J connectivity index is 0.000000182. The molecule has 7 aliphatic heterocycles. The average molecular weight is 1120 g/mol. The Hall–Kier alpha value is -7.44. The molecule has 11 rings (SSSR count). The number of phenolic OH excluding ortho intramolecular Hbond substituents is 1. The molecule has 4 N–H and O–H groups in total. The van der Waals surface area contributed by atoms with Crippen LogP contribution in [-0.4, -0.2) is 171 Å². The number of nitrogens with zero attached hydrogens (tertiary/aromatic N) is 6. The molecule has 2 amide bonds. The van der Waals surface area contributed by atoms with Crippen LogP contribution >= 0.6 is 0 Å². The van der Waals surface area contributed by atoms with Crippen molar-refractivity contribution in [1.82, 2.24) is 30.2 Å². The molecule has 4 bridgehead atoms. The molecule has 1 aliphatic carbocycles. The maximum atomic E-state index is 13.4. The predicted molar refractivity (Wildman–Crippen MR) is 290 cm³/mol. The van der Waals surface area contributed by atoms with Gasteiger partial charge in [-0.1, -0.05) is 12.1 Å². The number of Topliss-reactive ketones (excluding diaryl/α,β-unsaturated/α-hetero) is 2. The number of likely N-dealkylation sites (N-methyl/N-ethyl adjacent to an activating group) is 2. The van der Waals surface area contributed by atoms with Crippen molar-refractivity contribution in [3.8, 4) is 52.4 Å². The number of benzene rings is 3. The van der Waals surface area contributed by atoms with Crippen LogP contribution in [0.5, 0.6) is 40.2 Å². The summed E-state index contributed by atoms with van der Waals surface area (Å²) in [6.45, 7) is 10.4. The van der Waals surface area contributed by atoms with Gasteiger partial charge in [-0.3, -0.25) is 38.8 Å². The summed E-state index contributed by atoms with van der Waals surface area (Å²) in [5.41, 5.74) is 8.54. The minimum atomic E-state index is -0.787. The van der Waals surface area contributed by atoms with Crippen molar-refractivity contribution < 1.29 is 67.3 Å². The molecule has 81 heavy (non-hydrogen) atoms. The van der Waals surface area contributed by atoms with Gasteiger partial charge < -0.3 is 58.7 Å². The monoisotopic (exact) mass is 1110 g/mol. The third-order valence-corrected chi connectivity index (χ3v) is 17.9. The molecule has 7 heterocycles. The van der Waals surface area contributed by atoms with Gasteiger partial charge in [0.15, 0.2) is 48.1 Å². The van der Waals surface area contributed by atoms with Gasteiger partial charge in [0.25, 0.3) is 0 Å². The number of fused-ring (bicyclic) bond motifs is 15. The smallest absolute Gasteiger partial charge is 0.232 e. The molecule has 8 aliphatic rings. The maximum absolute atomic E-state index is 13.4. The number of carbonyl (C=O) groups excluding carboxylic acids is 4. The minimum absolute atomic E-state index is 0.000180. The Morgan fingerprint density at radius 2 is 1.15 bits per heavy atom. The Morgan fingerprint density at radius 3 is 1.63 bits per heavy atom. The van der Waals surface area contributed by atoms with E-state index < -0.39 is 41.8 Å². The van der Waals surface area contributed by atoms with Crippen molar-refractivity contribution >= 4 is 23.4 Å². The number of phenols is 1. The standard InChI is InChI=1S/C30H36N4O7.C29H34N4O7/c1-14-7-17-8-19-21(10-31)34-20(25(33(19)4)23(17)29(27(14)38-6)39-12-37-5)9-18-24(22(34)11-32-16(3)35)30-28(40-13-41-30)15(2)26(18)36;1-13-7-16-8-18-20(10-30)33-19(24(32(18)4)22(16)29(28(13)39-6)40-12-38-5)9-17-23(21(33)11-31-15(3)34)27(37)26(36)14(2)25(17)35/h7,19-22,25,36H,8-9,11-13H2,1-6H3,(H,32,35);7,18-21,24,35H,8-9,11-12H2,1-6H3,(H,31,34)/t19-,20?,21-,22?,25-;18-,19?,20-,21?,24-/m00/s1. The van der Waals surface area contributed by atoms with Crippen LogP contribution < -0.4 is 39.1 Å². The highest BCUT2D eigenvalue weighted by molar-refractivity contribution is 6.50. The summed E-state index contributed by atoms with van der Waals surface area (Å²) in [4.78, 5) is 59.0. The zero-order valence-electron chi connectivity index (χ0n) is 47.8. The van der Waals surface area contributed by atoms with E-state index in [1.54, 1.807) is 21.3 Å². The highest BCUT2D eigenvalue weighted by Crippen LogP contribution is 2.59. The predicted octanol–water partition coefficient (Wildman–Crippen LogP) is 4.29. The van der Waals surface area contributed by atoms with Crippen molar-refractivity contribution in [3.63, 3.8) is 0 Å². The van der Waals surface area contributed by atoms with Crippen molar-refractivity contribution in [1.29, 1.82) is 10.5 Å². The lowest BCUT2D eigenvalue weighted by Gasteiger charge is -2.60. The number of carbonyl (C=O) groups is 4. The number of hydrogen-bond donors (Lipinski definition) is 4. The second-order valence-electron chi connectivity index (χ2n) is 22.1. The van der Waals surface area contributed by atoms with E-state index in [2.05, 4.69) is 56.7 Å². The van der Waals surface area contributed by atoms with Gasteiger partial charge in [-0.05, 0) is 89.7 Å². The zero-order chi connectivity index (χ0) is 58.2. The molecule has 22 nitrogen and oxygen atoms in total.